The highest BCUT2D eigenvalue weighted by molar-refractivity contribution is 7.09. The summed E-state index contributed by atoms with van der Waals surface area (Å²) >= 11 is 1.78. The predicted octanol–water partition coefficient (Wildman–Crippen LogP) is 3.43. The van der Waals surface area contributed by atoms with E-state index in [0.29, 0.717) is 0 Å². The highest BCUT2D eigenvalue weighted by Crippen LogP contribution is 2.23. The molecule has 1 unspecified atom stereocenters. The summed E-state index contributed by atoms with van der Waals surface area (Å²) in [7, 11) is 1.98. The molecule has 0 aliphatic heterocycles. The lowest BCUT2D eigenvalue weighted by Crippen LogP contribution is -2.19. The van der Waals surface area contributed by atoms with Crippen LogP contribution in [0.5, 0.6) is 5.75 Å². The van der Waals surface area contributed by atoms with Crippen LogP contribution in [0.25, 0.3) is 0 Å². The molecule has 2 aromatic heterocycles. The minimum absolute atomic E-state index is 0.169. The van der Waals surface area contributed by atoms with Crippen molar-refractivity contribution < 1.29 is 4.74 Å². The van der Waals surface area contributed by atoms with E-state index < -0.39 is 0 Å². The Bertz CT molecular complexity index is 497. The van der Waals surface area contributed by atoms with Crippen molar-refractivity contribution in [3.8, 4) is 5.75 Å². The molecule has 2 aromatic rings. The van der Waals surface area contributed by atoms with E-state index in [1.807, 2.05) is 27.1 Å². The van der Waals surface area contributed by atoms with Crippen molar-refractivity contribution in [2.45, 2.75) is 32.4 Å². The number of thiophene rings is 1. The first kappa shape index (κ1) is 14.0. The third-order valence-electron chi connectivity index (χ3n) is 2.84. The molecule has 102 valence electrons. The quantitative estimate of drug-likeness (QED) is 0.877. The average Bonchev–Trinajstić information content (AvgIpc) is 2.88. The topological polar surface area (TPSA) is 34.2 Å². The van der Waals surface area contributed by atoms with Gasteiger partial charge in [-0.1, -0.05) is 6.07 Å². The van der Waals surface area contributed by atoms with Gasteiger partial charge in [0.05, 0.1) is 12.3 Å². The molecule has 2 rings (SSSR count). The Balaban J connectivity index is 2.13. The molecule has 2 heterocycles. The normalized spacial score (nSPS) is 12.6. The Morgan fingerprint density at radius 1 is 1.37 bits per heavy atom. The van der Waals surface area contributed by atoms with Gasteiger partial charge in [0, 0.05) is 23.5 Å². The molecule has 0 aliphatic rings. The van der Waals surface area contributed by atoms with Crippen LogP contribution in [0.4, 0.5) is 0 Å². The van der Waals surface area contributed by atoms with Crippen LogP contribution in [0.2, 0.25) is 0 Å². The Kier molecular flexibility index (Phi) is 4.93. The summed E-state index contributed by atoms with van der Waals surface area (Å²) < 4.78 is 5.70. The maximum Gasteiger partial charge on any atom is 0.138 e. The Hall–Kier alpha value is -1.39. The number of pyridine rings is 1. The van der Waals surface area contributed by atoms with E-state index >= 15 is 0 Å². The maximum atomic E-state index is 5.70. The Labute approximate surface area is 118 Å². The predicted molar refractivity (Wildman–Crippen MR) is 79.8 cm³/mol. The minimum atomic E-state index is 0.169. The van der Waals surface area contributed by atoms with Crippen LogP contribution >= 0.6 is 11.3 Å². The number of nitrogens with one attached hydrogen (secondary N) is 1. The van der Waals surface area contributed by atoms with Crippen molar-refractivity contribution in [3.63, 3.8) is 0 Å². The molecule has 0 aromatic carbocycles. The highest BCUT2D eigenvalue weighted by Gasteiger charge is 2.12. The SMILES string of the molecule is CNC(Cc1cccs1)c1cncc(OC(C)C)c1. The molecule has 0 aliphatic carbocycles. The number of aromatic nitrogens is 1. The van der Waals surface area contributed by atoms with Crippen molar-refractivity contribution in [1.29, 1.82) is 0 Å². The molecule has 4 heteroatoms. The van der Waals surface area contributed by atoms with E-state index in [1.165, 1.54) is 4.88 Å². The lowest BCUT2D eigenvalue weighted by Gasteiger charge is -2.17. The largest absolute Gasteiger partial charge is 0.489 e. The van der Waals surface area contributed by atoms with E-state index in [4.69, 9.17) is 4.74 Å². The molecule has 0 bridgehead atoms. The standard InChI is InChI=1S/C15H20N2OS/c1-11(2)18-13-7-12(9-17-10-13)15(16-3)8-14-5-4-6-19-14/h4-7,9-11,15-16H,8H2,1-3H3. The van der Waals surface area contributed by atoms with Gasteiger partial charge in [0.1, 0.15) is 5.75 Å². The van der Waals surface area contributed by atoms with Gasteiger partial charge in [-0.25, -0.2) is 0 Å². The summed E-state index contributed by atoms with van der Waals surface area (Å²) in [6.45, 7) is 4.04. The van der Waals surface area contributed by atoms with Gasteiger partial charge in [-0.3, -0.25) is 4.98 Å². The average molecular weight is 276 g/mol. The van der Waals surface area contributed by atoms with Crippen LogP contribution in [-0.4, -0.2) is 18.1 Å². The Morgan fingerprint density at radius 3 is 2.84 bits per heavy atom. The molecule has 0 saturated carbocycles. The summed E-state index contributed by atoms with van der Waals surface area (Å²) in [5.41, 5.74) is 1.16. The van der Waals surface area contributed by atoms with E-state index in [9.17, 15) is 0 Å². The number of hydrogen-bond donors (Lipinski definition) is 1. The molecule has 1 atom stereocenters. The molecule has 0 spiro atoms. The van der Waals surface area contributed by atoms with Crippen LogP contribution in [0.3, 0.4) is 0 Å². The van der Waals surface area contributed by atoms with E-state index in [2.05, 4.69) is 33.9 Å². The molecule has 3 nitrogen and oxygen atoms in total. The molecule has 1 N–H and O–H groups in total. The third-order valence-corrected chi connectivity index (χ3v) is 3.74. The fourth-order valence-corrected chi connectivity index (χ4v) is 2.73. The van der Waals surface area contributed by atoms with Gasteiger partial charge in [-0.2, -0.15) is 0 Å². The first-order valence-electron chi connectivity index (χ1n) is 6.50. The van der Waals surface area contributed by atoms with Gasteiger partial charge >= 0.3 is 0 Å². The summed E-state index contributed by atoms with van der Waals surface area (Å²) in [5, 5.41) is 5.46. The van der Waals surface area contributed by atoms with Crippen LogP contribution in [-0.2, 0) is 6.42 Å². The number of likely N-dealkylation sites (N-methyl/N-ethyl adjacent to an activating group) is 1. The smallest absolute Gasteiger partial charge is 0.138 e. The summed E-state index contributed by atoms with van der Waals surface area (Å²) in [4.78, 5) is 5.64. The van der Waals surface area contributed by atoms with Gasteiger partial charge < -0.3 is 10.1 Å². The number of rotatable bonds is 6. The zero-order chi connectivity index (χ0) is 13.7. The van der Waals surface area contributed by atoms with Crippen LogP contribution in [0, 0.1) is 0 Å². The molecular weight excluding hydrogens is 256 g/mol. The third kappa shape index (κ3) is 4.04. The molecule has 0 saturated heterocycles. The van der Waals surface area contributed by atoms with Crippen molar-refractivity contribution >= 4 is 11.3 Å². The summed E-state index contributed by atoms with van der Waals surface area (Å²) in [5.74, 6) is 0.832. The second kappa shape index (κ2) is 6.68. The fourth-order valence-electron chi connectivity index (χ4n) is 1.98. The second-order valence-electron chi connectivity index (χ2n) is 4.75. The van der Waals surface area contributed by atoms with E-state index in [1.54, 1.807) is 17.5 Å². The molecular formula is C15H20N2OS. The van der Waals surface area contributed by atoms with Crippen molar-refractivity contribution in [2.75, 3.05) is 7.05 Å². The lowest BCUT2D eigenvalue weighted by atomic mass is 10.1. The maximum absolute atomic E-state index is 5.70. The monoisotopic (exact) mass is 276 g/mol. The van der Waals surface area contributed by atoms with Crippen LogP contribution in [0.15, 0.2) is 36.0 Å². The highest BCUT2D eigenvalue weighted by atomic mass is 32.1. The minimum Gasteiger partial charge on any atom is -0.489 e. The van der Waals surface area contributed by atoms with Crippen molar-refractivity contribution in [2.24, 2.45) is 0 Å². The molecule has 0 fully saturated rings. The van der Waals surface area contributed by atoms with Gasteiger partial charge in [-0.15, -0.1) is 11.3 Å². The zero-order valence-electron chi connectivity index (χ0n) is 11.6. The summed E-state index contributed by atoms with van der Waals surface area (Å²) in [6.07, 6.45) is 4.81. The number of hydrogen-bond acceptors (Lipinski definition) is 4. The van der Waals surface area contributed by atoms with Crippen molar-refractivity contribution in [3.05, 3.63) is 46.4 Å². The summed E-state index contributed by atoms with van der Waals surface area (Å²) in [6, 6.07) is 6.59. The zero-order valence-corrected chi connectivity index (χ0v) is 12.4. The van der Waals surface area contributed by atoms with Gasteiger partial charge in [0.25, 0.3) is 0 Å². The van der Waals surface area contributed by atoms with E-state index in [-0.39, 0.29) is 12.1 Å². The molecule has 19 heavy (non-hydrogen) atoms. The first-order valence-corrected chi connectivity index (χ1v) is 7.38. The van der Waals surface area contributed by atoms with E-state index in [0.717, 1.165) is 17.7 Å². The van der Waals surface area contributed by atoms with Gasteiger partial charge in [0.15, 0.2) is 0 Å². The number of nitrogens with zero attached hydrogens (tertiary/aromatic N) is 1. The van der Waals surface area contributed by atoms with Gasteiger partial charge in [-0.05, 0) is 44.0 Å². The number of ether oxygens (including phenoxy) is 1. The Morgan fingerprint density at radius 2 is 2.21 bits per heavy atom. The van der Waals surface area contributed by atoms with Crippen molar-refractivity contribution in [1.82, 2.24) is 10.3 Å². The fraction of sp³-hybridized carbons (Fsp3) is 0.400. The van der Waals surface area contributed by atoms with Crippen LogP contribution in [0.1, 0.15) is 30.3 Å². The van der Waals surface area contributed by atoms with Gasteiger partial charge in [0.2, 0.25) is 0 Å². The first-order chi connectivity index (χ1) is 9.19. The molecule has 0 amide bonds. The second-order valence-corrected chi connectivity index (χ2v) is 5.78. The lowest BCUT2D eigenvalue weighted by molar-refractivity contribution is 0.241. The molecule has 0 radical (unpaired) electrons. The van der Waals surface area contributed by atoms with Crippen LogP contribution < -0.4 is 10.1 Å².